The summed E-state index contributed by atoms with van der Waals surface area (Å²) in [5.74, 6) is -0.226. The molecular weight excluding hydrogens is 412 g/mol. The summed E-state index contributed by atoms with van der Waals surface area (Å²) in [4.78, 5) is 30.7. The first-order valence-corrected chi connectivity index (χ1v) is 10.6. The molecule has 2 aromatic rings. The van der Waals surface area contributed by atoms with Gasteiger partial charge < -0.3 is 24.6 Å². The van der Waals surface area contributed by atoms with Crippen LogP contribution in [0.15, 0.2) is 30.5 Å². The number of pyridine rings is 1. The molecule has 2 heterocycles. The molecule has 3 rings (SSSR count). The smallest absolute Gasteiger partial charge is 0.337 e. The second-order valence-corrected chi connectivity index (χ2v) is 8.54. The summed E-state index contributed by atoms with van der Waals surface area (Å²) >= 11 is 0. The molecule has 1 aliphatic heterocycles. The normalized spacial score (nSPS) is 19.3. The Bertz CT molecular complexity index is 965. The van der Waals surface area contributed by atoms with Gasteiger partial charge in [0, 0.05) is 55.0 Å². The lowest BCUT2D eigenvalue weighted by atomic mass is 9.87. The highest BCUT2D eigenvalue weighted by molar-refractivity contribution is 5.87. The van der Waals surface area contributed by atoms with Crippen molar-refractivity contribution < 1.29 is 29.3 Å². The number of phenols is 1. The van der Waals surface area contributed by atoms with Gasteiger partial charge in [-0.15, -0.1) is 0 Å². The number of rotatable bonds is 7. The second-order valence-electron chi connectivity index (χ2n) is 8.54. The highest BCUT2D eigenvalue weighted by atomic mass is 16.5. The number of hydrogen-bond donors (Lipinski definition) is 2. The summed E-state index contributed by atoms with van der Waals surface area (Å²) < 4.78 is 10.7. The molecule has 32 heavy (non-hydrogen) atoms. The van der Waals surface area contributed by atoms with Crippen LogP contribution in [0.5, 0.6) is 17.2 Å². The van der Waals surface area contributed by atoms with Crippen LogP contribution in [0, 0.1) is 11.8 Å². The van der Waals surface area contributed by atoms with Gasteiger partial charge in [0.2, 0.25) is 5.91 Å². The molecule has 1 amide bonds. The fourth-order valence-corrected chi connectivity index (χ4v) is 4.49. The van der Waals surface area contributed by atoms with Gasteiger partial charge in [-0.05, 0) is 30.4 Å². The van der Waals surface area contributed by atoms with Crippen LogP contribution >= 0.6 is 0 Å². The average molecular weight is 443 g/mol. The van der Waals surface area contributed by atoms with Gasteiger partial charge in [-0.2, -0.15) is 0 Å². The molecule has 1 fully saturated rings. The fourth-order valence-electron chi connectivity index (χ4n) is 4.49. The van der Waals surface area contributed by atoms with Crippen molar-refractivity contribution in [3.8, 4) is 17.2 Å². The Hall–Kier alpha value is -3.29. The molecule has 2 N–H and O–H groups in total. The van der Waals surface area contributed by atoms with Gasteiger partial charge in [-0.25, -0.2) is 4.79 Å². The molecular formula is C24H30N2O6. The minimum atomic E-state index is -1.09. The van der Waals surface area contributed by atoms with Crippen LogP contribution in [-0.4, -0.2) is 59.3 Å². The average Bonchev–Trinajstić information content (AvgIpc) is 2.76. The van der Waals surface area contributed by atoms with Gasteiger partial charge in [0.1, 0.15) is 17.2 Å². The van der Waals surface area contributed by atoms with E-state index in [1.807, 2.05) is 4.90 Å². The van der Waals surface area contributed by atoms with Crippen molar-refractivity contribution >= 4 is 11.9 Å². The molecule has 3 atom stereocenters. The lowest BCUT2D eigenvalue weighted by Gasteiger charge is -2.36. The standard InChI is InChI=1S/C24H30N2O6/c1-14-7-15(2)13-26(12-14)22(28)10-18(19-6-5-16(11-25-19)24(29)30)23-20(27)8-17(31-3)9-21(23)32-4/h5-6,8-9,11,14-15,18,27H,7,10,12-13H2,1-4H3,(H,29,30)/t14-,15+,18?. The van der Waals surface area contributed by atoms with Gasteiger partial charge in [-0.1, -0.05) is 13.8 Å². The van der Waals surface area contributed by atoms with Crippen LogP contribution in [0.2, 0.25) is 0 Å². The van der Waals surface area contributed by atoms with E-state index in [4.69, 9.17) is 9.47 Å². The van der Waals surface area contributed by atoms with Gasteiger partial charge in [-0.3, -0.25) is 9.78 Å². The summed E-state index contributed by atoms with van der Waals surface area (Å²) in [5.41, 5.74) is 0.930. The third kappa shape index (κ3) is 5.12. The topological polar surface area (TPSA) is 109 Å². The van der Waals surface area contributed by atoms with Gasteiger partial charge >= 0.3 is 5.97 Å². The molecule has 0 aliphatic carbocycles. The number of ether oxygens (including phenoxy) is 2. The van der Waals surface area contributed by atoms with Gasteiger partial charge in [0.05, 0.1) is 19.8 Å². The number of likely N-dealkylation sites (tertiary alicyclic amines) is 1. The van der Waals surface area contributed by atoms with E-state index in [-0.39, 0.29) is 23.6 Å². The van der Waals surface area contributed by atoms with Gasteiger partial charge in [0.25, 0.3) is 0 Å². The molecule has 1 aromatic carbocycles. The van der Waals surface area contributed by atoms with Gasteiger partial charge in [0.15, 0.2) is 0 Å². The number of hydrogen-bond acceptors (Lipinski definition) is 6. The molecule has 0 saturated carbocycles. The minimum Gasteiger partial charge on any atom is -0.507 e. The van der Waals surface area contributed by atoms with Crippen LogP contribution in [-0.2, 0) is 4.79 Å². The maximum atomic E-state index is 13.3. The number of aromatic hydroxyl groups is 1. The third-order valence-electron chi connectivity index (χ3n) is 5.89. The van der Waals surface area contributed by atoms with Crippen molar-refractivity contribution in [2.75, 3.05) is 27.3 Å². The highest BCUT2D eigenvalue weighted by Crippen LogP contribution is 2.42. The molecule has 172 valence electrons. The number of carbonyl (C=O) groups excluding carboxylic acids is 1. The minimum absolute atomic E-state index is 0.0448. The third-order valence-corrected chi connectivity index (χ3v) is 5.89. The van der Waals surface area contributed by atoms with Crippen LogP contribution in [0.1, 0.15) is 54.2 Å². The van der Waals surface area contributed by atoms with Crippen molar-refractivity contribution in [3.63, 3.8) is 0 Å². The summed E-state index contributed by atoms with van der Waals surface area (Å²) in [6.45, 7) is 5.65. The first-order valence-electron chi connectivity index (χ1n) is 10.6. The van der Waals surface area contributed by atoms with E-state index in [1.165, 1.54) is 32.5 Å². The Labute approximate surface area is 187 Å². The number of aromatic carboxylic acids is 1. The van der Waals surface area contributed by atoms with Crippen LogP contribution < -0.4 is 9.47 Å². The van der Waals surface area contributed by atoms with Crippen LogP contribution in [0.4, 0.5) is 0 Å². The van der Waals surface area contributed by atoms with E-state index < -0.39 is 11.9 Å². The number of methoxy groups -OCH3 is 2. The predicted octanol–water partition coefficient (Wildman–Crippen LogP) is 3.53. The maximum Gasteiger partial charge on any atom is 0.337 e. The number of carbonyl (C=O) groups is 2. The number of benzene rings is 1. The van der Waals surface area contributed by atoms with E-state index in [9.17, 15) is 19.8 Å². The zero-order valence-electron chi connectivity index (χ0n) is 18.9. The van der Waals surface area contributed by atoms with E-state index >= 15 is 0 Å². The number of piperidine rings is 1. The molecule has 1 aliphatic rings. The lowest BCUT2D eigenvalue weighted by Crippen LogP contribution is -2.43. The molecule has 1 saturated heterocycles. The molecule has 0 radical (unpaired) electrons. The number of carboxylic acids is 1. The SMILES string of the molecule is COc1cc(O)c(C(CC(=O)N2C[C@H](C)C[C@H](C)C2)c2ccc(C(=O)O)cn2)c(OC)c1. The Morgan fingerprint density at radius 3 is 2.38 bits per heavy atom. The molecule has 8 nitrogen and oxygen atoms in total. The quantitative estimate of drug-likeness (QED) is 0.675. The molecule has 1 unspecified atom stereocenters. The number of aromatic nitrogens is 1. The monoisotopic (exact) mass is 442 g/mol. The Morgan fingerprint density at radius 1 is 1.16 bits per heavy atom. The Balaban J connectivity index is 2.02. The van der Waals surface area contributed by atoms with Crippen LogP contribution in [0.3, 0.4) is 0 Å². The first-order chi connectivity index (χ1) is 15.2. The zero-order valence-corrected chi connectivity index (χ0v) is 18.9. The summed E-state index contributed by atoms with van der Waals surface area (Å²) in [6.07, 6.45) is 2.40. The van der Waals surface area contributed by atoms with Crippen molar-refractivity contribution in [2.24, 2.45) is 11.8 Å². The number of phenolic OH excluding ortho intramolecular Hbond substituents is 1. The molecule has 1 aromatic heterocycles. The van der Waals surface area contributed by atoms with Crippen molar-refractivity contribution in [1.29, 1.82) is 0 Å². The second kappa shape index (κ2) is 9.89. The van der Waals surface area contributed by atoms with E-state index in [1.54, 1.807) is 12.1 Å². The first kappa shape index (κ1) is 23.4. The number of amides is 1. The van der Waals surface area contributed by atoms with Crippen LogP contribution in [0.25, 0.3) is 0 Å². The highest BCUT2D eigenvalue weighted by Gasteiger charge is 2.31. The Morgan fingerprint density at radius 2 is 1.84 bits per heavy atom. The number of carboxylic acid groups (broad SMARTS) is 1. The summed E-state index contributed by atoms with van der Waals surface area (Å²) in [5, 5.41) is 20.0. The zero-order chi connectivity index (χ0) is 23.4. The summed E-state index contributed by atoms with van der Waals surface area (Å²) in [7, 11) is 2.96. The molecule has 0 bridgehead atoms. The predicted molar refractivity (Wildman–Crippen MR) is 118 cm³/mol. The van der Waals surface area contributed by atoms with Crippen molar-refractivity contribution in [2.45, 2.75) is 32.6 Å². The van der Waals surface area contributed by atoms with Crippen molar-refractivity contribution in [1.82, 2.24) is 9.88 Å². The fraction of sp³-hybridized carbons (Fsp3) is 0.458. The van der Waals surface area contributed by atoms with E-state index in [0.717, 1.165) is 6.42 Å². The number of nitrogens with zero attached hydrogens (tertiary/aromatic N) is 2. The lowest BCUT2D eigenvalue weighted by molar-refractivity contribution is -0.134. The summed E-state index contributed by atoms with van der Waals surface area (Å²) in [6, 6.07) is 6.13. The largest absolute Gasteiger partial charge is 0.507 e. The van der Waals surface area contributed by atoms with E-state index in [0.29, 0.717) is 47.7 Å². The molecule has 0 spiro atoms. The van der Waals surface area contributed by atoms with E-state index in [2.05, 4.69) is 18.8 Å². The van der Waals surface area contributed by atoms with Crippen molar-refractivity contribution in [3.05, 3.63) is 47.3 Å². The molecule has 8 heteroatoms. The Kier molecular flexibility index (Phi) is 7.22. The maximum absolute atomic E-state index is 13.3.